The number of amides is 1. The Hall–Kier alpha value is -1.46. The molecule has 5 nitrogen and oxygen atoms in total. The zero-order valence-corrected chi connectivity index (χ0v) is 17.8. The Balaban J connectivity index is 1.35. The third kappa shape index (κ3) is 6.02. The molecule has 0 unspecified atom stereocenters. The summed E-state index contributed by atoms with van der Waals surface area (Å²) in [6.45, 7) is 11.1. The van der Waals surface area contributed by atoms with E-state index in [9.17, 15) is 4.79 Å². The van der Waals surface area contributed by atoms with Crippen LogP contribution in [0.25, 0.3) is 0 Å². The minimum absolute atomic E-state index is 0.169. The van der Waals surface area contributed by atoms with Crippen LogP contribution in [0.4, 0.5) is 0 Å². The molecule has 0 saturated carbocycles. The predicted molar refractivity (Wildman–Crippen MR) is 114 cm³/mol. The highest BCUT2D eigenvalue weighted by atomic mass is 16.1. The van der Waals surface area contributed by atoms with E-state index in [4.69, 9.17) is 0 Å². The number of carbonyl (C=O) groups excluding carboxylic acids is 1. The number of hydrogen-bond donors (Lipinski definition) is 1. The van der Waals surface area contributed by atoms with Gasteiger partial charge in [-0.2, -0.15) is 0 Å². The van der Waals surface area contributed by atoms with Crippen LogP contribution >= 0.6 is 0 Å². The fourth-order valence-corrected chi connectivity index (χ4v) is 4.74. The number of carbonyl (C=O) groups is 1. The van der Waals surface area contributed by atoms with Gasteiger partial charge >= 0.3 is 0 Å². The van der Waals surface area contributed by atoms with Gasteiger partial charge in [-0.05, 0) is 69.4 Å². The van der Waals surface area contributed by atoms with Crippen LogP contribution in [0, 0.1) is 11.8 Å². The van der Waals surface area contributed by atoms with Gasteiger partial charge in [-0.15, -0.1) is 0 Å². The molecule has 2 fully saturated rings. The summed E-state index contributed by atoms with van der Waals surface area (Å²) in [6, 6.07) is 4.64. The summed E-state index contributed by atoms with van der Waals surface area (Å²) in [5.74, 6) is 1.24. The molecule has 1 amide bonds. The average molecular weight is 387 g/mol. The molecule has 3 heterocycles. The van der Waals surface area contributed by atoms with E-state index in [1.807, 2.05) is 18.3 Å². The lowest BCUT2D eigenvalue weighted by Gasteiger charge is -2.42. The lowest BCUT2D eigenvalue weighted by molar-refractivity contribution is -0.126. The van der Waals surface area contributed by atoms with Gasteiger partial charge in [-0.25, -0.2) is 0 Å². The van der Waals surface area contributed by atoms with Gasteiger partial charge in [0.2, 0.25) is 5.91 Å². The van der Waals surface area contributed by atoms with Crippen molar-refractivity contribution in [3.05, 3.63) is 30.1 Å². The van der Waals surface area contributed by atoms with Crippen molar-refractivity contribution in [2.24, 2.45) is 11.8 Å². The second-order valence-electron chi connectivity index (χ2n) is 8.60. The van der Waals surface area contributed by atoms with Crippen molar-refractivity contribution in [3.8, 4) is 0 Å². The summed E-state index contributed by atoms with van der Waals surface area (Å²) in [5, 5.41) is 3.09. The van der Waals surface area contributed by atoms with E-state index in [2.05, 4.69) is 33.9 Å². The van der Waals surface area contributed by atoms with E-state index in [1.54, 1.807) is 6.20 Å². The van der Waals surface area contributed by atoms with Gasteiger partial charge < -0.3 is 15.1 Å². The first-order chi connectivity index (χ1) is 13.7. The second kappa shape index (κ2) is 10.9. The maximum atomic E-state index is 12.5. The Bertz CT molecular complexity index is 574. The summed E-state index contributed by atoms with van der Waals surface area (Å²) in [5.41, 5.74) is 1.06. The van der Waals surface area contributed by atoms with Gasteiger partial charge in [0, 0.05) is 37.4 Å². The van der Waals surface area contributed by atoms with Crippen molar-refractivity contribution in [2.45, 2.75) is 65.0 Å². The van der Waals surface area contributed by atoms with Crippen LogP contribution in [0.15, 0.2) is 24.5 Å². The second-order valence-corrected chi connectivity index (χ2v) is 8.60. The molecule has 1 aromatic heterocycles. The summed E-state index contributed by atoms with van der Waals surface area (Å²) >= 11 is 0. The zero-order valence-electron chi connectivity index (χ0n) is 17.8. The van der Waals surface area contributed by atoms with Gasteiger partial charge in [0.05, 0.1) is 0 Å². The topological polar surface area (TPSA) is 48.5 Å². The maximum absolute atomic E-state index is 12.5. The molecule has 1 aromatic rings. The molecular formula is C23H38N4O. The molecule has 0 radical (unpaired) electrons. The normalized spacial score (nSPS) is 20.5. The number of rotatable bonds is 8. The quantitative estimate of drug-likeness (QED) is 0.745. The first kappa shape index (κ1) is 21.3. The number of piperidine rings is 2. The average Bonchev–Trinajstić information content (AvgIpc) is 2.77. The molecule has 0 spiro atoms. The molecule has 1 N–H and O–H groups in total. The molecule has 0 aliphatic carbocycles. The van der Waals surface area contributed by atoms with Crippen molar-refractivity contribution in [2.75, 3.05) is 32.7 Å². The van der Waals surface area contributed by atoms with Crippen LogP contribution in [0.5, 0.6) is 0 Å². The Morgan fingerprint density at radius 2 is 1.86 bits per heavy atom. The van der Waals surface area contributed by atoms with Crippen molar-refractivity contribution < 1.29 is 4.79 Å². The van der Waals surface area contributed by atoms with E-state index in [0.29, 0.717) is 6.54 Å². The van der Waals surface area contributed by atoms with Crippen LogP contribution < -0.4 is 5.32 Å². The first-order valence-corrected chi connectivity index (χ1v) is 11.3. The van der Waals surface area contributed by atoms with Gasteiger partial charge in [0.25, 0.3) is 0 Å². The van der Waals surface area contributed by atoms with Crippen LogP contribution in [0.1, 0.15) is 57.9 Å². The van der Waals surface area contributed by atoms with Crippen molar-refractivity contribution in [1.82, 2.24) is 20.1 Å². The maximum Gasteiger partial charge on any atom is 0.223 e. The van der Waals surface area contributed by atoms with Gasteiger partial charge in [-0.3, -0.25) is 9.78 Å². The molecule has 0 bridgehead atoms. The number of nitrogens with zero attached hydrogens (tertiary/aromatic N) is 3. The SMILES string of the molecule is CCC(CC)CN1CCC(N2CCC(C(=O)NCc3cccnc3)CC2)CC1. The number of hydrogen-bond acceptors (Lipinski definition) is 4. The van der Waals surface area contributed by atoms with Crippen molar-refractivity contribution in [1.29, 1.82) is 0 Å². The fraction of sp³-hybridized carbons (Fsp3) is 0.739. The monoisotopic (exact) mass is 386 g/mol. The Labute approximate surface area is 170 Å². The molecule has 28 heavy (non-hydrogen) atoms. The first-order valence-electron chi connectivity index (χ1n) is 11.3. The highest BCUT2D eigenvalue weighted by Gasteiger charge is 2.30. The minimum Gasteiger partial charge on any atom is -0.352 e. The zero-order chi connectivity index (χ0) is 19.8. The van der Waals surface area contributed by atoms with Gasteiger partial charge in [0.1, 0.15) is 0 Å². The Morgan fingerprint density at radius 1 is 1.14 bits per heavy atom. The number of pyridine rings is 1. The largest absolute Gasteiger partial charge is 0.352 e. The highest BCUT2D eigenvalue weighted by Crippen LogP contribution is 2.25. The standard InChI is InChI=1S/C23H38N4O/c1-3-19(4-2)18-26-12-9-22(10-13-26)27-14-7-21(8-15-27)23(28)25-17-20-6-5-11-24-16-20/h5-6,11,16,19,21-22H,3-4,7-10,12-15,17-18H2,1-2H3,(H,25,28). The van der Waals surface area contributed by atoms with E-state index >= 15 is 0 Å². The van der Waals surface area contributed by atoms with E-state index in [1.165, 1.54) is 45.3 Å². The fourth-order valence-electron chi connectivity index (χ4n) is 4.74. The molecule has 5 heteroatoms. The van der Waals surface area contributed by atoms with E-state index < -0.39 is 0 Å². The van der Waals surface area contributed by atoms with Crippen LogP contribution in [0.2, 0.25) is 0 Å². The molecule has 156 valence electrons. The molecule has 0 aromatic carbocycles. The predicted octanol–water partition coefficient (Wildman–Crippen LogP) is 3.31. The molecule has 3 rings (SSSR count). The summed E-state index contributed by atoms with van der Waals surface area (Å²) in [6.07, 6.45) is 10.7. The Morgan fingerprint density at radius 3 is 2.46 bits per heavy atom. The molecule has 2 saturated heterocycles. The summed E-state index contributed by atoms with van der Waals surface area (Å²) < 4.78 is 0. The third-order valence-electron chi connectivity index (χ3n) is 6.83. The molecular weight excluding hydrogens is 348 g/mol. The highest BCUT2D eigenvalue weighted by molar-refractivity contribution is 5.78. The van der Waals surface area contributed by atoms with Crippen LogP contribution in [-0.4, -0.2) is 59.5 Å². The minimum atomic E-state index is 0.169. The number of aromatic nitrogens is 1. The van der Waals surface area contributed by atoms with E-state index in [0.717, 1.165) is 43.5 Å². The third-order valence-corrected chi connectivity index (χ3v) is 6.83. The number of likely N-dealkylation sites (tertiary alicyclic amines) is 2. The Kier molecular flexibility index (Phi) is 8.28. The molecule has 2 aliphatic rings. The lowest BCUT2D eigenvalue weighted by Crippen LogP contribution is -2.49. The number of nitrogens with one attached hydrogen (secondary N) is 1. The smallest absolute Gasteiger partial charge is 0.223 e. The van der Waals surface area contributed by atoms with Gasteiger partial charge in [-0.1, -0.05) is 32.8 Å². The van der Waals surface area contributed by atoms with Crippen LogP contribution in [0.3, 0.4) is 0 Å². The van der Waals surface area contributed by atoms with Crippen molar-refractivity contribution in [3.63, 3.8) is 0 Å². The lowest BCUT2D eigenvalue weighted by atomic mass is 9.92. The van der Waals surface area contributed by atoms with E-state index in [-0.39, 0.29) is 11.8 Å². The molecule has 2 aliphatic heterocycles. The van der Waals surface area contributed by atoms with Crippen LogP contribution in [-0.2, 0) is 11.3 Å². The molecule has 0 atom stereocenters. The summed E-state index contributed by atoms with van der Waals surface area (Å²) in [4.78, 5) is 21.9. The van der Waals surface area contributed by atoms with Gasteiger partial charge in [0.15, 0.2) is 0 Å². The summed E-state index contributed by atoms with van der Waals surface area (Å²) in [7, 11) is 0. The van der Waals surface area contributed by atoms with Crippen molar-refractivity contribution >= 4 is 5.91 Å².